The molecule has 2 nitrogen and oxygen atoms in total. The summed E-state index contributed by atoms with van der Waals surface area (Å²) in [7, 11) is 1.66. The fourth-order valence-electron chi connectivity index (χ4n) is 1.52. The van der Waals surface area contributed by atoms with Gasteiger partial charge in [0, 0.05) is 10.9 Å². The Morgan fingerprint density at radius 3 is 2.82 bits per heavy atom. The minimum atomic E-state index is 0.573. The fourth-order valence-corrected chi connectivity index (χ4v) is 2.62. The van der Waals surface area contributed by atoms with Crippen molar-refractivity contribution in [2.24, 2.45) is 0 Å². The van der Waals surface area contributed by atoms with Gasteiger partial charge in [-0.15, -0.1) is 0 Å². The predicted octanol–water partition coefficient (Wildman–Crippen LogP) is 4.23. The van der Waals surface area contributed by atoms with Gasteiger partial charge in [0.25, 0.3) is 0 Å². The molecule has 0 fully saturated rings. The smallest absolute Gasteiger partial charge is 0.165 e. The Balaban J connectivity index is 2.18. The maximum absolute atomic E-state index is 5.85. The lowest BCUT2D eigenvalue weighted by atomic mass is 10.2. The summed E-state index contributed by atoms with van der Waals surface area (Å²) in [6.45, 7) is 0.573. The molecule has 0 aliphatic rings. The zero-order chi connectivity index (χ0) is 12.1. The number of methoxy groups -OCH3 is 1. The highest BCUT2D eigenvalue weighted by Gasteiger charge is 2.09. The van der Waals surface area contributed by atoms with Gasteiger partial charge in [-0.1, -0.05) is 28.1 Å². The molecular formula is C13H13BrO2S. The molecule has 0 unspecified atom stereocenters. The van der Waals surface area contributed by atoms with Crippen molar-refractivity contribution in [1.82, 2.24) is 0 Å². The summed E-state index contributed by atoms with van der Waals surface area (Å²) < 4.78 is 11.2. The van der Waals surface area contributed by atoms with Crippen LogP contribution in [0.25, 0.3) is 0 Å². The first-order chi connectivity index (χ1) is 8.35. The highest BCUT2D eigenvalue weighted by Crippen LogP contribution is 2.33. The third-order valence-electron chi connectivity index (χ3n) is 2.39. The molecule has 1 aromatic carbocycles. The fraction of sp³-hybridized carbons (Fsp3) is 0.231. The number of rotatable bonds is 5. The Morgan fingerprint density at radius 2 is 2.18 bits per heavy atom. The van der Waals surface area contributed by atoms with Crippen LogP contribution >= 0.6 is 27.3 Å². The summed E-state index contributed by atoms with van der Waals surface area (Å²) in [5.74, 6) is 1.59. The second-order valence-corrected chi connectivity index (χ2v) is 4.84. The number of para-hydroxylation sites is 1. The molecule has 17 heavy (non-hydrogen) atoms. The molecule has 0 aliphatic heterocycles. The van der Waals surface area contributed by atoms with Crippen LogP contribution in [0.5, 0.6) is 11.5 Å². The summed E-state index contributed by atoms with van der Waals surface area (Å²) in [5, 5.41) is 4.89. The first kappa shape index (κ1) is 12.5. The number of alkyl halides is 1. The quantitative estimate of drug-likeness (QED) is 0.769. The van der Waals surface area contributed by atoms with Crippen molar-refractivity contribution >= 4 is 27.3 Å². The molecule has 0 spiro atoms. The van der Waals surface area contributed by atoms with Crippen LogP contribution in [0, 0.1) is 0 Å². The Labute approximate surface area is 113 Å². The second-order valence-electron chi connectivity index (χ2n) is 3.50. The van der Waals surface area contributed by atoms with E-state index in [0.29, 0.717) is 6.61 Å². The van der Waals surface area contributed by atoms with Crippen molar-refractivity contribution in [3.05, 3.63) is 46.2 Å². The third kappa shape index (κ3) is 3.01. The highest BCUT2D eigenvalue weighted by molar-refractivity contribution is 9.08. The minimum absolute atomic E-state index is 0.573. The van der Waals surface area contributed by atoms with Gasteiger partial charge in [-0.25, -0.2) is 0 Å². The van der Waals surface area contributed by atoms with E-state index in [1.165, 1.54) is 5.56 Å². The summed E-state index contributed by atoms with van der Waals surface area (Å²) in [5.41, 5.74) is 2.28. The SMILES string of the molecule is COc1cccc(CBr)c1OCc1ccsc1. The Bertz CT molecular complexity index is 446. The molecule has 1 aromatic heterocycles. The van der Waals surface area contributed by atoms with E-state index in [-0.39, 0.29) is 0 Å². The molecule has 1 heterocycles. The van der Waals surface area contributed by atoms with Crippen molar-refractivity contribution in [2.75, 3.05) is 7.11 Å². The predicted molar refractivity (Wildman–Crippen MR) is 74.3 cm³/mol. The van der Waals surface area contributed by atoms with Crippen LogP contribution in [0.1, 0.15) is 11.1 Å². The molecule has 0 atom stereocenters. The second kappa shape index (κ2) is 6.07. The van der Waals surface area contributed by atoms with Gasteiger partial charge in [-0.05, 0) is 28.5 Å². The average molecular weight is 313 g/mol. The molecule has 0 radical (unpaired) electrons. The molecule has 0 aliphatic carbocycles. The lowest BCUT2D eigenvalue weighted by Crippen LogP contribution is -1.99. The molecule has 0 N–H and O–H groups in total. The van der Waals surface area contributed by atoms with E-state index in [1.54, 1.807) is 18.4 Å². The van der Waals surface area contributed by atoms with Gasteiger partial charge in [-0.2, -0.15) is 11.3 Å². The van der Waals surface area contributed by atoms with Gasteiger partial charge in [0.2, 0.25) is 0 Å². The van der Waals surface area contributed by atoms with E-state index in [0.717, 1.165) is 22.4 Å². The topological polar surface area (TPSA) is 18.5 Å². The monoisotopic (exact) mass is 312 g/mol. The molecule has 4 heteroatoms. The van der Waals surface area contributed by atoms with Crippen LogP contribution in [-0.2, 0) is 11.9 Å². The van der Waals surface area contributed by atoms with E-state index >= 15 is 0 Å². The van der Waals surface area contributed by atoms with Crippen LogP contribution in [0.4, 0.5) is 0 Å². The van der Waals surface area contributed by atoms with Gasteiger partial charge in [0.15, 0.2) is 11.5 Å². The molecule has 0 bridgehead atoms. The summed E-state index contributed by atoms with van der Waals surface area (Å²) in [4.78, 5) is 0. The highest BCUT2D eigenvalue weighted by atomic mass is 79.9. The van der Waals surface area contributed by atoms with Crippen molar-refractivity contribution in [2.45, 2.75) is 11.9 Å². The lowest BCUT2D eigenvalue weighted by Gasteiger charge is -2.13. The minimum Gasteiger partial charge on any atom is -0.493 e. The first-order valence-electron chi connectivity index (χ1n) is 5.21. The summed E-state index contributed by atoms with van der Waals surface area (Å²) >= 11 is 5.13. The van der Waals surface area contributed by atoms with E-state index in [2.05, 4.69) is 27.4 Å². The molecule has 2 rings (SSSR count). The molecule has 2 aromatic rings. The number of halogens is 1. The van der Waals surface area contributed by atoms with Crippen LogP contribution < -0.4 is 9.47 Å². The van der Waals surface area contributed by atoms with E-state index < -0.39 is 0 Å². The molecule has 0 saturated carbocycles. The zero-order valence-electron chi connectivity index (χ0n) is 9.48. The normalized spacial score (nSPS) is 10.2. The third-order valence-corrected chi connectivity index (χ3v) is 3.72. The van der Waals surface area contributed by atoms with Gasteiger partial charge in [-0.3, -0.25) is 0 Å². The lowest BCUT2D eigenvalue weighted by molar-refractivity contribution is 0.283. The number of ether oxygens (including phenoxy) is 2. The van der Waals surface area contributed by atoms with E-state index in [4.69, 9.17) is 9.47 Å². The van der Waals surface area contributed by atoms with Crippen LogP contribution in [0.15, 0.2) is 35.0 Å². The number of hydrogen-bond acceptors (Lipinski definition) is 3. The number of thiophene rings is 1. The van der Waals surface area contributed by atoms with Gasteiger partial charge in [0.1, 0.15) is 6.61 Å². The van der Waals surface area contributed by atoms with Crippen LogP contribution in [0.3, 0.4) is 0 Å². The van der Waals surface area contributed by atoms with E-state index in [9.17, 15) is 0 Å². The van der Waals surface area contributed by atoms with Crippen molar-refractivity contribution in [3.63, 3.8) is 0 Å². The Morgan fingerprint density at radius 1 is 1.29 bits per heavy atom. The number of benzene rings is 1. The Kier molecular flexibility index (Phi) is 4.45. The van der Waals surface area contributed by atoms with E-state index in [1.807, 2.05) is 23.6 Å². The van der Waals surface area contributed by atoms with Crippen molar-refractivity contribution in [1.29, 1.82) is 0 Å². The van der Waals surface area contributed by atoms with Crippen LogP contribution in [0.2, 0.25) is 0 Å². The van der Waals surface area contributed by atoms with Crippen molar-refractivity contribution in [3.8, 4) is 11.5 Å². The summed E-state index contributed by atoms with van der Waals surface area (Å²) in [6.07, 6.45) is 0. The first-order valence-corrected chi connectivity index (χ1v) is 7.27. The average Bonchev–Trinajstić information content (AvgIpc) is 2.88. The standard InChI is InChI=1S/C13H13BrO2S/c1-15-12-4-2-3-11(7-14)13(12)16-8-10-5-6-17-9-10/h2-6,9H,7-8H2,1H3. The van der Waals surface area contributed by atoms with Gasteiger partial charge in [0.05, 0.1) is 7.11 Å². The largest absolute Gasteiger partial charge is 0.493 e. The maximum Gasteiger partial charge on any atom is 0.165 e. The van der Waals surface area contributed by atoms with Crippen LogP contribution in [-0.4, -0.2) is 7.11 Å². The van der Waals surface area contributed by atoms with Crippen molar-refractivity contribution < 1.29 is 9.47 Å². The molecule has 90 valence electrons. The molecular weight excluding hydrogens is 300 g/mol. The zero-order valence-corrected chi connectivity index (χ0v) is 11.9. The van der Waals surface area contributed by atoms with Gasteiger partial charge < -0.3 is 9.47 Å². The maximum atomic E-state index is 5.85. The summed E-state index contributed by atoms with van der Waals surface area (Å²) in [6, 6.07) is 7.97. The molecule has 0 amide bonds. The Hall–Kier alpha value is -1.00. The molecule has 0 saturated heterocycles. The number of hydrogen-bond donors (Lipinski definition) is 0. The van der Waals surface area contributed by atoms with Gasteiger partial charge >= 0.3 is 0 Å².